The van der Waals surface area contributed by atoms with Crippen LogP contribution in [0.1, 0.15) is 24.8 Å². The molecule has 34 heavy (non-hydrogen) atoms. The van der Waals surface area contributed by atoms with Gasteiger partial charge >= 0.3 is 0 Å². The lowest BCUT2D eigenvalue weighted by Gasteiger charge is -2.34. The molecule has 2 saturated heterocycles. The van der Waals surface area contributed by atoms with Crippen LogP contribution in [-0.2, 0) is 15.8 Å². The fraction of sp³-hybridized carbons (Fsp3) is 0.407. The molecule has 3 aromatic rings. The number of nitrogens with one attached hydrogen (secondary N) is 1. The van der Waals surface area contributed by atoms with Crippen molar-refractivity contribution in [3.63, 3.8) is 0 Å². The van der Waals surface area contributed by atoms with Crippen LogP contribution in [0.25, 0.3) is 10.8 Å². The maximum atomic E-state index is 13.1. The zero-order chi connectivity index (χ0) is 23.5. The molecule has 2 atom stereocenters. The van der Waals surface area contributed by atoms with Crippen LogP contribution in [0.3, 0.4) is 0 Å². The van der Waals surface area contributed by atoms with Crippen molar-refractivity contribution in [3.8, 4) is 0 Å². The number of anilines is 1. The summed E-state index contributed by atoms with van der Waals surface area (Å²) in [5.74, 6) is 0.746. The van der Waals surface area contributed by atoms with Gasteiger partial charge in [0.2, 0.25) is 5.91 Å². The number of carbonyl (C=O) groups is 1. The lowest BCUT2D eigenvalue weighted by molar-refractivity contribution is -0.135. The Kier molecular flexibility index (Phi) is 6.92. The molecular weight excluding hydrogens is 444 g/mol. The molecule has 2 aliphatic rings. The van der Waals surface area contributed by atoms with Gasteiger partial charge in [-0.3, -0.25) is 9.78 Å². The van der Waals surface area contributed by atoms with Crippen LogP contribution >= 0.6 is 0 Å². The standard InChI is InChI=1S/C27H32N4O2S/c1-20-2-3-24-17-26(5-4-23(24)16-20)34(33)29-18-21-8-13-31(19-21)27(32)22-9-14-30(15-10-22)25-6-11-28-12-7-25/h2-7,11-12,16-17,21-22,29H,8-10,13-15,18-19H2,1H3. The molecule has 7 heteroatoms. The van der Waals surface area contributed by atoms with Crippen LogP contribution in [0.15, 0.2) is 65.8 Å². The average molecular weight is 477 g/mol. The van der Waals surface area contributed by atoms with E-state index < -0.39 is 11.0 Å². The third-order valence-electron chi connectivity index (χ3n) is 7.15. The van der Waals surface area contributed by atoms with Gasteiger partial charge in [0.05, 0.1) is 4.90 Å². The van der Waals surface area contributed by atoms with Gasteiger partial charge in [-0.1, -0.05) is 29.8 Å². The molecule has 1 N–H and O–H groups in total. The van der Waals surface area contributed by atoms with E-state index in [0.29, 0.717) is 18.4 Å². The number of nitrogens with zero attached hydrogens (tertiary/aromatic N) is 3. The van der Waals surface area contributed by atoms with Gasteiger partial charge < -0.3 is 9.80 Å². The van der Waals surface area contributed by atoms with Crippen molar-refractivity contribution >= 4 is 33.4 Å². The number of amides is 1. The van der Waals surface area contributed by atoms with Gasteiger partial charge in [-0.15, -0.1) is 0 Å². The topological polar surface area (TPSA) is 65.5 Å². The predicted octanol–water partition coefficient (Wildman–Crippen LogP) is 3.92. The van der Waals surface area contributed by atoms with Crippen molar-refractivity contribution in [2.75, 3.05) is 37.6 Å². The minimum Gasteiger partial charge on any atom is -0.371 e. The lowest BCUT2D eigenvalue weighted by atomic mass is 9.95. The number of hydrogen-bond donors (Lipinski definition) is 1. The van der Waals surface area contributed by atoms with Crippen LogP contribution in [0.5, 0.6) is 0 Å². The summed E-state index contributed by atoms with van der Waals surface area (Å²) in [7, 11) is -1.25. The first-order valence-electron chi connectivity index (χ1n) is 12.2. The fourth-order valence-corrected chi connectivity index (χ4v) is 6.11. The number of piperidine rings is 1. The first kappa shape index (κ1) is 23.0. The first-order valence-corrected chi connectivity index (χ1v) is 13.3. The summed E-state index contributed by atoms with van der Waals surface area (Å²) in [5.41, 5.74) is 2.40. The minimum absolute atomic E-state index is 0.111. The highest BCUT2D eigenvalue weighted by atomic mass is 32.2. The van der Waals surface area contributed by atoms with Gasteiger partial charge in [0.25, 0.3) is 0 Å². The van der Waals surface area contributed by atoms with Crippen LogP contribution in [0.4, 0.5) is 5.69 Å². The zero-order valence-corrected chi connectivity index (χ0v) is 20.5. The summed E-state index contributed by atoms with van der Waals surface area (Å²) in [6.07, 6.45) is 6.39. The van der Waals surface area contributed by atoms with Crippen molar-refractivity contribution in [2.45, 2.75) is 31.1 Å². The van der Waals surface area contributed by atoms with Gasteiger partial charge in [0.1, 0.15) is 11.0 Å². The molecule has 1 amide bonds. The molecule has 3 heterocycles. The zero-order valence-electron chi connectivity index (χ0n) is 19.7. The largest absolute Gasteiger partial charge is 0.371 e. The SMILES string of the molecule is Cc1ccc2cc(S(=O)NCC3CCN(C(=O)C4CCN(c5ccncc5)CC4)C3)ccc2c1. The van der Waals surface area contributed by atoms with Gasteiger partial charge in [-0.05, 0) is 67.1 Å². The van der Waals surface area contributed by atoms with Crippen LogP contribution in [-0.4, -0.2) is 52.7 Å². The summed E-state index contributed by atoms with van der Waals surface area (Å²) in [5, 5.41) is 2.27. The van der Waals surface area contributed by atoms with E-state index in [4.69, 9.17) is 0 Å². The van der Waals surface area contributed by atoms with E-state index in [1.54, 1.807) is 0 Å². The number of pyridine rings is 1. The van der Waals surface area contributed by atoms with Gasteiger partial charge in [0.15, 0.2) is 0 Å². The highest BCUT2D eigenvalue weighted by molar-refractivity contribution is 7.83. The van der Waals surface area contributed by atoms with E-state index in [-0.39, 0.29) is 5.92 Å². The molecule has 6 nitrogen and oxygen atoms in total. The van der Waals surface area contributed by atoms with Crippen molar-refractivity contribution in [3.05, 3.63) is 66.5 Å². The molecule has 2 aromatic carbocycles. The van der Waals surface area contributed by atoms with Crippen molar-refractivity contribution in [1.29, 1.82) is 0 Å². The normalized spacial score (nSPS) is 20.1. The number of likely N-dealkylation sites (tertiary alicyclic amines) is 1. The third kappa shape index (κ3) is 5.15. The molecule has 0 spiro atoms. The van der Waals surface area contributed by atoms with Crippen LogP contribution < -0.4 is 9.62 Å². The molecule has 5 rings (SSSR count). The molecular formula is C27H32N4O2S. The molecule has 0 saturated carbocycles. The lowest BCUT2D eigenvalue weighted by Crippen LogP contribution is -2.42. The van der Waals surface area contributed by atoms with E-state index in [2.05, 4.69) is 39.7 Å². The Morgan fingerprint density at radius 3 is 2.53 bits per heavy atom. The monoisotopic (exact) mass is 476 g/mol. The van der Waals surface area contributed by atoms with Crippen LogP contribution in [0, 0.1) is 18.8 Å². The predicted molar refractivity (Wildman–Crippen MR) is 137 cm³/mol. The Morgan fingerprint density at radius 2 is 1.74 bits per heavy atom. The highest BCUT2D eigenvalue weighted by Crippen LogP contribution is 2.27. The molecule has 2 fully saturated rings. The number of fused-ring (bicyclic) bond motifs is 1. The maximum absolute atomic E-state index is 13.1. The van der Waals surface area contributed by atoms with E-state index in [1.165, 1.54) is 11.3 Å². The Balaban J connectivity index is 1.10. The van der Waals surface area contributed by atoms with Gasteiger partial charge in [-0.25, -0.2) is 8.93 Å². The van der Waals surface area contributed by atoms with E-state index in [0.717, 1.165) is 61.1 Å². The second kappa shape index (κ2) is 10.2. The van der Waals surface area contributed by atoms with Gasteiger partial charge in [0, 0.05) is 56.7 Å². The maximum Gasteiger partial charge on any atom is 0.225 e. The van der Waals surface area contributed by atoms with E-state index >= 15 is 0 Å². The molecule has 178 valence electrons. The number of rotatable bonds is 6. The Morgan fingerprint density at radius 1 is 1.00 bits per heavy atom. The second-order valence-corrected chi connectivity index (χ2v) is 10.8. The number of benzene rings is 2. The van der Waals surface area contributed by atoms with Crippen molar-refractivity contribution < 1.29 is 9.00 Å². The Labute approximate surface area is 203 Å². The highest BCUT2D eigenvalue weighted by Gasteiger charge is 2.33. The molecule has 2 aliphatic heterocycles. The Hall–Kier alpha value is -2.77. The molecule has 2 unspecified atom stereocenters. The summed E-state index contributed by atoms with van der Waals surface area (Å²) < 4.78 is 16.0. The van der Waals surface area contributed by atoms with Crippen LogP contribution in [0.2, 0.25) is 0 Å². The Bertz CT molecular complexity index is 1180. The summed E-state index contributed by atoms with van der Waals surface area (Å²) >= 11 is 0. The second-order valence-electron chi connectivity index (χ2n) is 9.54. The van der Waals surface area contributed by atoms with E-state index in [9.17, 15) is 9.00 Å². The van der Waals surface area contributed by atoms with Gasteiger partial charge in [-0.2, -0.15) is 0 Å². The smallest absolute Gasteiger partial charge is 0.225 e. The summed E-state index contributed by atoms with van der Waals surface area (Å²) in [4.78, 5) is 22.4. The number of carbonyl (C=O) groups excluding carboxylic acids is 1. The molecule has 0 radical (unpaired) electrons. The molecule has 1 aromatic heterocycles. The quantitative estimate of drug-likeness (QED) is 0.586. The summed E-state index contributed by atoms with van der Waals surface area (Å²) in [6.45, 7) is 6.10. The minimum atomic E-state index is -1.25. The van der Waals surface area contributed by atoms with Crippen molar-refractivity contribution in [1.82, 2.24) is 14.6 Å². The number of hydrogen-bond acceptors (Lipinski definition) is 4. The third-order valence-corrected chi connectivity index (χ3v) is 8.26. The first-order chi connectivity index (χ1) is 16.6. The number of aromatic nitrogens is 1. The fourth-order valence-electron chi connectivity index (χ4n) is 5.13. The summed E-state index contributed by atoms with van der Waals surface area (Å²) in [6, 6.07) is 16.3. The molecule has 0 bridgehead atoms. The van der Waals surface area contributed by atoms with E-state index in [1.807, 2.05) is 47.6 Å². The average Bonchev–Trinajstić information content (AvgIpc) is 3.36. The molecule has 0 aliphatic carbocycles. The van der Waals surface area contributed by atoms with Crippen molar-refractivity contribution in [2.24, 2.45) is 11.8 Å². The number of aryl methyl sites for hydroxylation is 1.